The first kappa shape index (κ1) is 32.8. The van der Waals surface area contributed by atoms with Crippen LogP contribution >= 0.6 is 15.6 Å². The van der Waals surface area contributed by atoms with Crippen LogP contribution in [-0.2, 0) is 32.0 Å². The molecule has 0 bridgehead atoms. The molecule has 2 fully saturated rings. The molecule has 0 saturated carbocycles. The molecule has 9 N–H and O–H groups in total. The Labute approximate surface area is 228 Å². The molecule has 11 unspecified atom stereocenters. The van der Waals surface area contributed by atoms with Gasteiger partial charge in [-0.05, 0) is 0 Å². The van der Waals surface area contributed by atoms with Crippen molar-refractivity contribution in [1.82, 2.24) is 9.55 Å². The van der Waals surface area contributed by atoms with Gasteiger partial charge < -0.3 is 49.9 Å². The van der Waals surface area contributed by atoms with Crippen LogP contribution < -0.4 is 11.2 Å². The van der Waals surface area contributed by atoms with Crippen LogP contribution in [0.1, 0.15) is 6.23 Å². The Morgan fingerprint density at radius 2 is 1.54 bits per heavy atom. The van der Waals surface area contributed by atoms with E-state index in [0.717, 1.165) is 16.8 Å². The molecule has 0 amide bonds. The van der Waals surface area contributed by atoms with Crippen molar-refractivity contribution in [1.29, 1.82) is 0 Å². The molecule has 3 heterocycles. The Morgan fingerprint density at radius 3 is 2.14 bits per heavy atom. The van der Waals surface area contributed by atoms with E-state index in [-0.39, 0.29) is 29.6 Å². The number of aromatic nitrogens is 2. The van der Waals surface area contributed by atoms with Crippen molar-refractivity contribution in [2.75, 3.05) is 13.2 Å². The van der Waals surface area contributed by atoms with E-state index in [1.807, 2.05) is 4.98 Å². The average molecular weight is 589 g/mol. The summed E-state index contributed by atoms with van der Waals surface area (Å²) in [7, 11) is -11.1. The Bertz CT molecular complexity index is 1130. The first-order chi connectivity index (χ1) is 16.7. The first-order valence-electron chi connectivity index (χ1n) is 9.99. The number of rotatable bonds is 9. The summed E-state index contributed by atoms with van der Waals surface area (Å²) in [5.74, 6) is 0. The molecule has 1 radical (unpaired) electrons. The van der Waals surface area contributed by atoms with Crippen LogP contribution in [0.4, 0.5) is 0 Å². The second-order valence-electron chi connectivity index (χ2n) is 7.68. The van der Waals surface area contributed by atoms with Gasteiger partial charge >= 0.3 is 21.3 Å². The molecule has 19 nitrogen and oxygen atoms in total. The fourth-order valence-electron chi connectivity index (χ4n) is 3.35. The van der Waals surface area contributed by atoms with Gasteiger partial charge in [0.15, 0.2) is 12.5 Å². The van der Waals surface area contributed by atoms with Crippen LogP contribution in [0.25, 0.3) is 0 Å². The van der Waals surface area contributed by atoms with Crippen molar-refractivity contribution < 1.29 is 72.4 Å². The summed E-state index contributed by atoms with van der Waals surface area (Å²) in [5, 5.41) is 58.6. The molecule has 3 rings (SSSR count). The largest absolute Gasteiger partial charge is 0.483 e. The number of ether oxygens (including phenoxy) is 2. The SMILES string of the molecule is O=c1ccn(C2OC(COP(=O)(O)OP(=O)(O)OC3OC(CO)C(O)C(O)C3O)C(O)C2O)c(=O)[nH]1.[Na]. The molecular weight excluding hydrogens is 565 g/mol. The maximum atomic E-state index is 12.2. The number of aliphatic hydroxyl groups excluding tert-OH is 6. The van der Waals surface area contributed by atoms with Crippen LogP contribution in [0, 0.1) is 0 Å². The number of aliphatic hydroxyl groups is 6. The predicted octanol–water partition coefficient (Wildman–Crippen LogP) is -5.17. The number of phosphoric acid groups is 2. The van der Waals surface area contributed by atoms with Gasteiger partial charge in [0.2, 0.25) is 0 Å². The third-order valence-corrected chi connectivity index (χ3v) is 7.76. The van der Waals surface area contributed by atoms with Crippen molar-refractivity contribution in [3.8, 4) is 0 Å². The van der Waals surface area contributed by atoms with Crippen molar-refractivity contribution in [2.45, 2.75) is 55.2 Å². The Hall–Kier alpha value is -0.380. The summed E-state index contributed by atoms with van der Waals surface area (Å²) < 4.78 is 48.1. The van der Waals surface area contributed by atoms with Crippen LogP contribution in [0.5, 0.6) is 0 Å². The van der Waals surface area contributed by atoms with Crippen molar-refractivity contribution in [3.05, 3.63) is 33.1 Å². The van der Waals surface area contributed by atoms with Crippen LogP contribution in [-0.4, -0.2) is 142 Å². The summed E-state index contributed by atoms with van der Waals surface area (Å²) in [6, 6.07) is 0.928. The monoisotopic (exact) mass is 589 g/mol. The Morgan fingerprint density at radius 1 is 0.919 bits per heavy atom. The van der Waals surface area contributed by atoms with Gasteiger partial charge in [-0.15, -0.1) is 0 Å². The standard InChI is InChI=1S/C15H24N2O17P2.Na/c18-3-5-8(20)10(22)12(24)14(32-5)33-36(28,29)34-35(26,27)30-4-6-9(21)11(23)13(31-6)17-2-1-7(19)16-15(17)25;/h1-2,5-6,8-14,18,20-24H,3-4H2,(H,26,27)(H,28,29)(H,16,19,25);. The molecule has 1 aromatic heterocycles. The molecular formula is C15H24N2NaO17P2. The van der Waals surface area contributed by atoms with Crippen LogP contribution in [0.3, 0.4) is 0 Å². The maximum absolute atomic E-state index is 12.2. The topological polar surface area (TPSA) is 297 Å². The first-order valence-corrected chi connectivity index (χ1v) is 13.0. The average Bonchev–Trinajstić information content (AvgIpc) is 3.06. The van der Waals surface area contributed by atoms with Crippen molar-refractivity contribution in [3.63, 3.8) is 0 Å². The van der Waals surface area contributed by atoms with Crippen molar-refractivity contribution >= 4 is 45.2 Å². The number of aromatic amines is 1. The number of H-pyrrole nitrogens is 1. The minimum absolute atomic E-state index is 0. The number of nitrogens with one attached hydrogen (secondary N) is 1. The van der Waals surface area contributed by atoms with Crippen LogP contribution in [0.15, 0.2) is 21.9 Å². The van der Waals surface area contributed by atoms with E-state index in [2.05, 4.69) is 13.4 Å². The van der Waals surface area contributed by atoms with Gasteiger partial charge in [-0.1, -0.05) is 0 Å². The number of nitrogens with zero attached hydrogens (tertiary/aromatic N) is 1. The minimum atomic E-state index is -5.59. The van der Waals surface area contributed by atoms with E-state index in [1.165, 1.54) is 0 Å². The molecule has 0 spiro atoms. The third kappa shape index (κ3) is 7.85. The minimum Gasteiger partial charge on any atom is -0.394 e. The molecule has 2 saturated heterocycles. The molecule has 11 atom stereocenters. The van der Waals surface area contributed by atoms with Crippen molar-refractivity contribution in [2.24, 2.45) is 0 Å². The fourth-order valence-corrected chi connectivity index (χ4v) is 5.51. The molecule has 37 heavy (non-hydrogen) atoms. The smallest absolute Gasteiger partial charge is 0.394 e. The normalized spacial score (nSPS) is 37.4. The van der Waals surface area contributed by atoms with Gasteiger partial charge in [0.05, 0.1) is 13.2 Å². The van der Waals surface area contributed by atoms with E-state index >= 15 is 0 Å². The van der Waals surface area contributed by atoms with Gasteiger partial charge in [0, 0.05) is 41.8 Å². The molecule has 207 valence electrons. The molecule has 2 aliphatic heterocycles. The van der Waals surface area contributed by atoms with Gasteiger partial charge in [-0.2, -0.15) is 4.31 Å². The zero-order valence-electron chi connectivity index (χ0n) is 18.9. The predicted molar refractivity (Wildman–Crippen MR) is 115 cm³/mol. The zero-order chi connectivity index (χ0) is 27.0. The Kier molecular flexibility index (Phi) is 11.4. The number of hydrogen-bond acceptors (Lipinski definition) is 15. The van der Waals surface area contributed by atoms with Crippen LogP contribution in [0.2, 0.25) is 0 Å². The summed E-state index contributed by atoms with van der Waals surface area (Å²) in [6.07, 6.45) is -15.4. The van der Waals surface area contributed by atoms with Gasteiger partial charge in [0.1, 0.15) is 42.7 Å². The molecule has 2 aliphatic rings. The summed E-state index contributed by atoms with van der Waals surface area (Å²) in [5.41, 5.74) is -1.75. The van der Waals surface area contributed by atoms with Gasteiger partial charge in [0.25, 0.3) is 5.56 Å². The molecule has 1 aromatic rings. The second-order valence-corrected chi connectivity index (χ2v) is 10.7. The van der Waals surface area contributed by atoms with Gasteiger partial charge in [-0.25, -0.2) is 13.9 Å². The number of phosphoric ester groups is 2. The molecule has 0 aliphatic carbocycles. The molecule has 0 aromatic carbocycles. The zero-order valence-corrected chi connectivity index (χ0v) is 22.6. The summed E-state index contributed by atoms with van der Waals surface area (Å²) >= 11 is 0. The van der Waals surface area contributed by atoms with E-state index in [1.54, 1.807) is 0 Å². The quantitative estimate of drug-likeness (QED) is 0.0960. The third-order valence-electron chi connectivity index (χ3n) is 5.16. The molecule has 22 heteroatoms. The van der Waals surface area contributed by atoms with Gasteiger partial charge in [-0.3, -0.25) is 23.4 Å². The van der Waals surface area contributed by atoms with E-state index in [0.29, 0.717) is 0 Å². The van der Waals surface area contributed by atoms with E-state index in [4.69, 9.17) is 14.6 Å². The Balaban J connectivity index is 0.00000481. The maximum Gasteiger partial charge on any atom is 0.483 e. The van der Waals surface area contributed by atoms with E-state index < -0.39 is 95.4 Å². The fraction of sp³-hybridized carbons (Fsp3) is 0.733. The second kappa shape index (κ2) is 12.9. The summed E-state index contributed by atoms with van der Waals surface area (Å²) in [4.78, 5) is 44.5. The van der Waals surface area contributed by atoms with E-state index in [9.17, 15) is 54.0 Å². The number of hydrogen-bond donors (Lipinski definition) is 9. The summed E-state index contributed by atoms with van der Waals surface area (Å²) in [6.45, 7) is -1.93.